The second kappa shape index (κ2) is 10.7. The van der Waals surface area contributed by atoms with Crippen molar-refractivity contribution in [2.75, 3.05) is 25.6 Å². The number of methoxy groups -OCH3 is 1. The second-order valence-electron chi connectivity index (χ2n) is 6.00. The van der Waals surface area contributed by atoms with Gasteiger partial charge in [0.2, 0.25) is 5.88 Å². The molecule has 0 aliphatic carbocycles. The predicted molar refractivity (Wildman–Crippen MR) is 114 cm³/mol. The van der Waals surface area contributed by atoms with Crippen molar-refractivity contribution in [3.8, 4) is 5.88 Å². The molecule has 154 valence electrons. The molecule has 2 heterocycles. The van der Waals surface area contributed by atoms with E-state index in [0.717, 1.165) is 5.56 Å². The van der Waals surface area contributed by atoms with E-state index in [-0.39, 0.29) is 18.3 Å². The summed E-state index contributed by atoms with van der Waals surface area (Å²) in [6.07, 6.45) is 3.34. The second-order valence-corrected chi connectivity index (χ2v) is 6.00. The zero-order valence-corrected chi connectivity index (χ0v) is 16.5. The highest BCUT2D eigenvalue weighted by molar-refractivity contribution is 6.08. The molecule has 29 heavy (non-hydrogen) atoms. The van der Waals surface area contributed by atoms with Crippen LogP contribution in [0.25, 0.3) is 0 Å². The number of aromatic nitrogens is 2. The van der Waals surface area contributed by atoms with Gasteiger partial charge in [0.25, 0.3) is 0 Å². The summed E-state index contributed by atoms with van der Waals surface area (Å²) in [7, 11) is 1.55. The van der Waals surface area contributed by atoms with E-state index in [4.69, 9.17) is 21.3 Å². The van der Waals surface area contributed by atoms with Crippen molar-refractivity contribution in [1.82, 2.24) is 15.3 Å². The molecule has 0 amide bonds. The van der Waals surface area contributed by atoms with Crippen LogP contribution in [0.4, 0.5) is 11.5 Å². The monoisotopic (exact) mass is 398 g/mol. The van der Waals surface area contributed by atoms with Crippen LogP contribution in [0.3, 0.4) is 0 Å². The number of aliphatic hydroxyl groups excluding tert-OH is 1. The van der Waals surface area contributed by atoms with Gasteiger partial charge >= 0.3 is 0 Å². The van der Waals surface area contributed by atoms with Gasteiger partial charge in [0.1, 0.15) is 23.3 Å². The number of hydrogen-bond acceptors (Lipinski definition) is 8. The van der Waals surface area contributed by atoms with E-state index < -0.39 is 0 Å². The van der Waals surface area contributed by atoms with Crippen LogP contribution in [0.2, 0.25) is 0 Å². The Morgan fingerprint density at radius 1 is 1.24 bits per heavy atom. The van der Waals surface area contributed by atoms with E-state index >= 15 is 0 Å². The molecule has 0 atom stereocenters. The van der Waals surface area contributed by atoms with Crippen molar-refractivity contribution in [2.45, 2.75) is 13.5 Å². The Morgan fingerprint density at radius 3 is 2.66 bits per heavy atom. The summed E-state index contributed by atoms with van der Waals surface area (Å²) in [5.41, 5.74) is 13.9. The molecule has 2 aromatic heterocycles. The molecule has 0 aliphatic rings. The maximum absolute atomic E-state index is 8.93. The van der Waals surface area contributed by atoms with Crippen molar-refractivity contribution < 1.29 is 9.84 Å². The van der Waals surface area contributed by atoms with Crippen molar-refractivity contribution in [3.63, 3.8) is 0 Å². The zero-order chi connectivity index (χ0) is 21.2. The summed E-state index contributed by atoms with van der Waals surface area (Å²) in [6, 6.07) is 5.41. The molecule has 10 nitrogen and oxygen atoms in total. The summed E-state index contributed by atoms with van der Waals surface area (Å²) < 4.78 is 5.07. The molecule has 0 saturated heterocycles. The van der Waals surface area contributed by atoms with Gasteiger partial charge in [-0.2, -0.15) is 0 Å². The first-order chi connectivity index (χ1) is 13.9. The number of aliphatic imine (C=N–C) groups is 2. The fourth-order valence-corrected chi connectivity index (χ4v) is 2.39. The lowest BCUT2D eigenvalue weighted by Gasteiger charge is -2.13. The van der Waals surface area contributed by atoms with Gasteiger partial charge in [0.05, 0.1) is 31.2 Å². The van der Waals surface area contributed by atoms with Gasteiger partial charge in [-0.15, -0.1) is 0 Å². The summed E-state index contributed by atoms with van der Waals surface area (Å²) in [5, 5.41) is 15.2. The first-order valence-electron chi connectivity index (χ1n) is 8.84. The number of anilines is 2. The minimum absolute atomic E-state index is 0.0482. The number of aliphatic hydroxyl groups is 1. The number of nitrogens with one attached hydrogen (secondary N) is 2. The number of rotatable bonds is 9. The maximum Gasteiger partial charge on any atom is 0.213 e. The number of nitrogens with zero attached hydrogens (tertiary/aromatic N) is 4. The van der Waals surface area contributed by atoms with Crippen molar-refractivity contribution in [3.05, 3.63) is 54.1 Å². The quantitative estimate of drug-likeness (QED) is 0.237. The summed E-state index contributed by atoms with van der Waals surface area (Å²) >= 11 is 0. The SMILES string of the molecule is C=C(N)N=C(C)N=C(N)c1cc(CNCCO)cnc1Nc1ccc(OC)nc1. The van der Waals surface area contributed by atoms with Crippen LogP contribution in [0.1, 0.15) is 18.1 Å². The Labute approximate surface area is 169 Å². The number of ether oxygens (including phenoxy) is 1. The average Bonchev–Trinajstić information content (AvgIpc) is 2.69. The first kappa shape index (κ1) is 21.8. The molecule has 0 bridgehead atoms. The molecule has 0 unspecified atom stereocenters. The summed E-state index contributed by atoms with van der Waals surface area (Å²) in [5.74, 6) is 1.73. The summed E-state index contributed by atoms with van der Waals surface area (Å²) in [6.45, 7) is 6.24. The standard InChI is InChI=1S/C19H26N8O2/c1-12(20)25-13(2)26-18(21)16-8-14(9-22-6-7-28)10-24-19(16)27-15-4-5-17(29-3)23-11-15/h4-5,8,10-11,22,28H,1,6-7,9,20H2,2-3H3,(H,24,27)(H2,21,25,26). The first-order valence-corrected chi connectivity index (χ1v) is 8.84. The highest BCUT2D eigenvalue weighted by Gasteiger charge is 2.11. The Bertz CT molecular complexity index is 894. The zero-order valence-electron chi connectivity index (χ0n) is 16.5. The van der Waals surface area contributed by atoms with E-state index in [1.807, 2.05) is 12.1 Å². The lowest BCUT2D eigenvalue weighted by Crippen LogP contribution is -2.21. The third-order valence-electron chi connectivity index (χ3n) is 3.63. The maximum atomic E-state index is 8.93. The van der Waals surface area contributed by atoms with Crippen LogP contribution in [0, 0.1) is 0 Å². The molecule has 2 rings (SSSR count). The lowest BCUT2D eigenvalue weighted by molar-refractivity contribution is 0.292. The average molecular weight is 398 g/mol. The third kappa shape index (κ3) is 6.87. The minimum atomic E-state index is 0.0482. The highest BCUT2D eigenvalue weighted by Crippen LogP contribution is 2.21. The molecule has 10 heteroatoms. The van der Waals surface area contributed by atoms with Gasteiger partial charge in [0, 0.05) is 25.4 Å². The fraction of sp³-hybridized carbons (Fsp3) is 0.263. The topological polar surface area (TPSA) is 156 Å². The van der Waals surface area contributed by atoms with Gasteiger partial charge in [-0.1, -0.05) is 6.58 Å². The minimum Gasteiger partial charge on any atom is -0.481 e. The Hall–Kier alpha value is -3.50. The van der Waals surface area contributed by atoms with E-state index in [0.29, 0.717) is 41.9 Å². The molecular formula is C19H26N8O2. The molecule has 7 N–H and O–H groups in total. The smallest absolute Gasteiger partial charge is 0.213 e. The molecule has 2 aromatic rings. The van der Waals surface area contributed by atoms with Crippen LogP contribution in [-0.2, 0) is 6.54 Å². The molecule has 0 aliphatic heterocycles. The normalized spacial score (nSPS) is 12.0. The van der Waals surface area contributed by atoms with Gasteiger partial charge < -0.3 is 31.9 Å². The third-order valence-corrected chi connectivity index (χ3v) is 3.63. The van der Waals surface area contributed by atoms with E-state index in [1.165, 1.54) is 0 Å². The Balaban J connectivity index is 2.37. The number of amidine groups is 2. The lowest BCUT2D eigenvalue weighted by atomic mass is 10.1. The number of nitrogens with two attached hydrogens (primary N) is 2. The predicted octanol–water partition coefficient (Wildman–Crippen LogP) is 0.864. The Morgan fingerprint density at radius 2 is 2.03 bits per heavy atom. The molecular weight excluding hydrogens is 372 g/mol. The van der Waals surface area contributed by atoms with Gasteiger partial charge in [-0.25, -0.2) is 20.0 Å². The van der Waals surface area contributed by atoms with Crippen molar-refractivity contribution >= 4 is 23.2 Å². The van der Waals surface area contributed by atoms with Crippen molar-refractivity contribution in [2.24, 2.45) is 21.5 Å². The molecule has 0 radical (unpaired) electrons. The summed E-state index contributed by atoms with van der Waals surface area (Å²) in [4.78, 5) is 16.9. The Kier molecular flexibility index (Phi) is 8.07. The van der Waals surface area contributed by atoms with E-state index in [9.17, 15) is 0 Å². The molecule has 0 saturated carbocycles. The van der Waals surface area contributed by atoms with Crippen molar-refractivity contribution in [1.29, 1.82) is 0 Å². The molecule has 0 fully saturated rings. The number of pyridine rings is 2. The van der Waals surface area contributed by atoms with Gasteiger partial charge in [0.15, 0.2) is 0 Å². The van der Waals surface area contributed by atoms with Gasteiger partial charge in [-0.05, 0) is 24.6 Å². The number of hydrogen-bond donors (Lipinski definition) is 5. The van der Waals surface area contributed by atoms with E-state index in [1.54, 1.807) is 32.5 Å². The largest absolute Gasteiger partial charge is 0.481 e. The molecule has 0 aromatic carbocycles. The van der Waals surface area contributed by atoms with Crippen LogP contribution >= 0.6 is 0 Å². The van der Waals surface area contributed by atoms with Crippen LogP contribution in [0.5, 0.6) is 5.88 Å². The highest BCUT2D eigenvalue weighted by atomic mass is 16.5. The molecule has 0 spiro atoms. The van der Waals surface area contributed by atoms with E-state index in [2.05, 4.69) is 37.2 Å². The fourth-order valence-electron chi connectivity index (χ4n) is 2.39. The van der Waals surface area contributed by atoms with Gasteiger partial charge in [-0.3, -0.25) is 0 Å². The van der Waals surface area contributed by atoms with Crippen LogP contribution < -0.4 is 26.8 Å². The van der Waals surface area contributed by atoms with Crippen LogP contribution in [-0.4, -0.2) is 47.0 Å². The van der Waals surface area contributed by atoms with Crippen LogP contribution in [0.15, 0.2) is 53.0 Å².